The molecule has 29 heavy (non-hydrogen) atoms. The van der Waals surface area contributed by atoms with E-state index in [1.165, 1.54) is 17.3 Å². The number of aromatic nitrogens is 3. The van der Waals surface area contributed by atoms with Crippen LogP contribution in [0.25, 0.3) is 0 Å². The summed E-state index contributed by atoms with van der Waals surface area (Å²) in [6, 6.07) is 15.7. The van der Waals surface area contributed by atoms with Gasteiger partial charge in [0.2, 0.25) is 5.91 Å². The number of rotatable bonds is 8. The van der Waals surface area contributed by atoms with E-state index < -0.39 is 0 Å². The number of benzene rings is 2. The van der Waals surface area contributed by atoms with Crippen molar-refractivity contribution in [2.45, 2.75) is 45.5 Å². The number of anilines is 1. The number of nitrogens with one attached hydrogen (secondary N) is 1. The quantitative estimate of drug-likeness (QED) is 0.541. The molecule has 0 bridgehead atoms. The van der Waals surface area contributed by atoms with Gasteiger partial charge in [-0.1, -0.05) is 41.6 Å². The summed E-state index contributed by atoms with van der Waals surface area (Å²) in [5, 5.41) is 12.2. The van der Waals surface area contributed by atoms with E-state index >= 15 is 0 Å². The zero-order chi connectivity index (χ0) is 20.8. The van der Waals surface area contributed by atoms with E-state index in [1.54, 1.807) is 0 Å². The Morgan fingerprint density at radius 1 is 1.14 bits per heavy atom. The van der Waals surface area contributed by atoms with Gasteiger partial charge in [-0.15, -0.1) is 10.2 Å². The highest BCUT2D eigenvalue weighted by atomic mass is 32.2. The van der Waals surface area contributed by atoms with E-state index in [0.717, 1.165) is 22.8 Å². The average molecular weight is 411 g/mol. The van der Waals surface area contributed by atoms with Crippen LogP contribution < -0.4 is 10.1 Å². The standard InChI is InChI=1S/C22H26N4O2S/c1-5-26-21(17(4)28-19-11-9-15(2)10-12-19)24-25-22(26)29-14-20(27)23-18-8-6-7-16(3)13-18/h6-13,17H,5,14H2,1-4H3,(H,23,27). The molecule has 3 aromatic rings. The van der Waals surface area contributed by atoms with Crippen molar-refractivity contribution in [3.8, 4) is 5.75 Å². The molecule has 0 aliphatic rings. The van der Waals surface area contributed by atoms with E-state index in [9.17, 15) is 4.79 Å². The number of carbonyl (C=O) groups excluding carboxylic acids is 1. The van der Waals surface area contributed by atoms with Crippen LogP contribution in [0.1, 0.15) is 36.9 Å². The number of ether oxygens (including phenoxy) is 1. The number of carbonyl (C=O) groups is 1. The second-order valence-electron chi connectivity index (χ2n) is 6.86. The van der Waals surface area contributed by atoms with Gasteiger partial charge in [0.25, 0.3) is 0 Å². The van der Waals surface area contributed by atoms with E-state index in [4.69, 9.17) is 4.74 Å². The summed E-state index contributed by atoms with van der Waals surface area (Å²) in [6.45, 7) is 8.72. The van der Waals surface area contributed by atoms with Gasteiger partial charge >= 0.3 is 0 Å². The summed E-state index contributed by atoms with van der Waals surface area (Å²) in [5.41, 5.74) is 3.09. The lowest BCUT2D eigenvalue weighted by Gasteiger charge is -2.15. The topological polar surface area (TPSA) is 69.0 Å². The fourth-order valence-electron chi connectivity index (χ4n) is 2.93. The monoisotopic (exact) mass is 410 g/mol. The lowest BCUT2D eigenvalue weighted by Crippen LogP contribution is -2.15. The first-order valence-electron chi connectivity index (χ1n) is 9.62. The Balaban J connectivity index is 1.62. The number of hydrogen-bond acceptors (Lipinski definition) is 5. The molecule has 0 saturated heterocycles. The molecule has 1 unspecified atom stereocenters. The first-order valence-corrected chi connectivity index (χ1v) is 10.6. The molecule has 7 heteroatoms. The third kappa shape index (κ3) is 5.60. The molecule has 3 rings (SSSR count). The highest BCUT2D eigenvalue weighted by Crippen LogP contribution is 2.25. The molecule has 1 amide bonds. The minimum atomic E-state index is -0.249. The Labute approximate surface area is 175 Å². The zero-order valence-electron chi connectivity index (χ0n) is 17.2. The van der Waals surface area contributed by atoms with Gasteiger partial charge in [0, 0.05) is 12.2 Å². The highest BCUT2D eigenvalue weighted by molar-refractivity contribution is 7.99. The van der Waals surface area contributed by atoms with Gasteiger partial charge in [-0.3, -0.25) is 4.79 Å². The van der Waals surface area contributed by atoms with Gasteiger partial charge < -0.3 is 14.6 Å². The summed E-state index contributed by atoms with van der Waals surface area (Å²) in [6.07, 6.45) is -0.249. The molecule has 152 valence electrons. The Bertz CT molecular complexity index is 969. The SMILES string of the molecule is CCn1c(SCC(=O)Nc2cccc(C)c2)nnc1C(C)Oc1ccc(C)cc1. The van der Waals surface area contributed by atoms with Gasteiger partial charge in [0.05, 0.1) is 5.75 Å². The summed E-state index contributed by atoms with van der Waals surface area (Å²) in [4.78, 5) is 12.3. The van der Waals surface area contributed by atoms with Gasteiger partial charge in [0.15, 0.2) is 17.1 Å². The van der Waals surface area contributed by atoms with E-state index in [1.807, 2.05) is 80.8 Å². The molecule has 0 aliphatic carbocycles. The van der Waals surface area contributed by atoms with Crippen LogP contribution in [0.4, 0.5) is 5.69 Å². The van der Waals surface area contributed by atoms with Gasteiger partial charge in [-0.25, -0.2) is 0 Å². The van der Waals surface area contributed by atoms with Crippen molar-refractivity contribution in [3.05, 3.63) is 65.5 Å². The van der Waals surface area contributed by atoms with Crippen molar-refractivity contribution in [3.63, 3.8) is 0 Å². The first kappa shape index (κ1) is 20.9. The van der Waals surface area contributed by atoms with Crippen LogP contribution in [0.15, 0.2) is 53.7 Å². The molecule has 0 spiro atoms. The molecule has 2 aromatic carbocycles. The maximum atomic E-state index is 12.3. The number of aryl methyl sites for hydroxylation is 2. The maximum Gasteiger partial charge on any atom is 0.234 e. The summed E-state index contributed by atoms with van der Waals surface area (Å²) < 4.78 is 8.00. The summed E-state index contributed by atoms with van der Waals surface area (Å²) in [5.74, 6) is 1.73. The molecule has 1 N–H and O–H groups in total. The molecular weight excluding hydrogens is 384 g/mol. The molecule has 0 aliphatic heterocycles. The van der Waals surface area contributed by atoms with Crippen LogP contribution in [0.2, 0.25) is 0 Å². The van der Waals surface area contributed by atoms with Gasteiger partial charge in [0.1, 0.15) is 5.75 Å². The van der Waals surface area contributed by atoms with E-state index in [0.29, 0.717) is 11.7 Å². The molecular formula is C22H26N4O2S. The van der Waals surface area contributed by atoms with Crippen LogP contribution in [-0.2, 0) is 11.3 Å². The second-order valence-corrected chi connectivity index (χ2v) is 7.81. The largest absolute Gasteiger partial charge is 0.483 e. The van der Waals surface area contributed by atoms with Crippen LogP contribution in [-0.4, -0.2) is 26.4 Å². The molecule has 1 heterocycles. The van der Waals surface area contributed by atoms with Crippen LogP contribution in [0.5, 0.6) is 5.75 Å². The molecule has 1 atom stereocenters. The van der Waals surface area contributed by atoms with Crippen molar-refractivity contribution in [1.29, 1.82) is 0 Å². The van der Waals surface area contributed by atoms with Crippen molar-refractivity contribution in [2.24, 2.45) is 0 Å². The molecule has 0 saturated carbocycles. The van der Waals surface area contributed by atoms with Crippen molar-refractivity contribution < 1.29 is 9.53 Å². The van der Waals surface area contributed by atoms with E-state index in [2.05, 4.69) is 15.5 Å². The lowest BCUT2D eigenvalue weighted by atomic mass is 10.2. The number of amides is 1. The minimum Gasteiger partial charge on any atom is -0.483 e. The maximum absolute atomic E-state index is 12.3. The minimum absolute atomic E-state index is 0.0724. The molecule has 6 nitrogen and oxygen atoms in total. The normalized spacial score (nSPS) is 11.9. The Morgan fingerprint density at radius 3 is 2.59 bits per heavy atom. The first-order chi connectivity index (χ1) is 14.0. The number of nitrogens with zero attached hydrogens (tertiary/aromatic N) is 3. The Hall–Kier alpha value is -2.80. The fourth-order valence-corrected chi connectivity index (χ4v) is 3.74. The Morgan fingerprint density at radius 2 is 1.90 bits per heavy atom. The Kier molecular flexibility index (Phi) is 6.93. The van der Waals surface area contributed by atoms with Crippen molar-refractivity contribution >= 4 is 23.4 Å². The van der Waals surface area contributed by atoms with Crippen LogP contribution >= 0.6 is 11.8 Å². The number of hydrogen-bond donors (Lipinski definition) is 1. The van der Waals surface area contributed by atoms with Crippen LogP contribution in [0, 0.1) is 13.8 Å². The predicted octanol–water partition coefficient (Wildman–Crippen LogP) is 4.79. The smallest absolute Gasteiger partial charge is 0.234 e. The summed E-state index contributed by atoms with van der Waals surface area (Å²) >= 11 is 1.37. The second kappa shape index (κ2) is 9.60. The summed E-state index contributed by atoms with van der Waals surface area (Å²) in [7, 11) is 0. The fraction of sp³-hybridized carbons (Fsp3) is 0.318. The van der Waals surface area contributed by atoms with Crippen molar-refractivity contribution in [1.82, 2.24) is 14.8 Å². The van der Waals surface area contributed by atoms with Gasteiger partial charge in [-0.05, 0) is 57.5 Å². The highest BCUT2D eigenvalue weighted by Gasteiger charge is 2.19. The van der Waals surface area contributed by atoms with E-state index in [-0.39, 0.29) is 17.8 Å². The average Bonchev–Trinajstić information content (AvgIpc) is 3.11. The van der Waals surface area contributed by atoms with Crippen LogP contribution in [0.3, 0.4) is 0 Å². The lowest BCUT2D eigenvalue weighted by molar-refractivity contribution is -0.113. The third-order valence-electron chi connectivity index (χ3n) is 4.39. The molecule has 0 fully saturated rings. The molecule has 1 aromatic heterocycles. The molecule has 0 radical (unpaired) electrons. The number of thioether (sulfide) groups is 1. The predicted molar refractivity (Wildman–Crippen MR) is 116 cm³/mol. The van der Waals surface area contributed by atoms with Crippen molar-refractivity contribution in [2.75, 3.05) is 11.1 Å². The zero-order valence-corrected chi connectivity index (χ0v) is 18.0. The van der Waals surface area contributed by atoms with Gasteiger partial charge in [-0.2, -0.15) is 0 Å². The third-order valence-corrected chi connectivity index (χ3v) is 5.36.